The predicted octanol–water partition coefficient (Wildman–Crippen LogP) is 2.89. The fourth-order valence-corrected chi connectivity index (χ4v) is 1.98. The van der Waals surface area contributed by atoms with E-state index in [0.717, 1.165) is 18.2 Å². The fraction of sp³-hybridized carbons (Fsp3) is 0.357. The summed E-state index contributed by atoms with van der Waals surface area (Å²) in [5.41, 5.74) is 3.55. The molecule has 0 atom stereocenters. The average Bonchev–Trinajstić information content (AvgIpc) is 2.72. The molecule has 0 aliphatic rings. The van der Waals surface area contributed by atoms with Gasteiger partial charge in [-0.25, -0.2) is 4.98 Å². The van der Waals surface area contributed by atoms with Gasteiger partial charge in [-0.2, -0.15) is 0 Å². The first-order valence-electron chi connectivity index (χ1n) is 6.04. The van der Waals surface area contributed by atoms with E-state index in [1.165, 1.54) is 11.1 Å². The van der Waals surface area contributed by atoms with E-state index in [2.05, 4.69) is 42.3 Å². The quantitative estimate of drug-likeness (QED) is 0.880. The minimum atomic E-state index is 0.678. The summed E-state index contributed by atoms with van der Waals surface area (Å²) in [5.74, 6) is 0.844. The lowest BCUT2D eigenvalue weighted by atomic mass is 10.1. The molecule has 4 nitrogen and oxygen atoms in total. The van der Waals surface area contributed by atoms with Crippen LogP contribution in [0.25, 0.3) is 0 Å². The molecule has 4 heteroatoms. The Kier molecular flexibility index (Phi) is 3.99. The smallest absolute Gasteiger partial charge is 0.207 e. The van der Waals surface area contributed by atoms with Gasteiger partial charge in [0.05, 0.1) is 6.61 Å². The summed E-state index contributed by atoms with van der Waals surface area (Å²) in [4.78, 5) is 4.32. The van der Waals surface area contributed by atoms with Gasteiger partial charge in [-0.1, -0.05) is 6.07 Å². The summed E-state index contributed by atoms with van der Waals surface area (Å²) in [7, 11) is 1.70. The van der Waals surface area contributed by atoms with Crippen LogP contribution in [0.15, 0.2) is 30.6 Å². The van der Waals surface area contributed by atoms with Gasteiger partial charge in [0.2, 0.25) is 5.95 Å². The molecule has 0 saturated carbocycles. The number of nitrogens with zero attached hydrogens (tertiary/aromatic N) is 2. The van der Waals surface area contributed by atoms with Crippen molar-refractivity contribution in [3.05, 3.63) is 41.7 Å². The third kappa shape index (κ3) is 3.11. The molecule has 0 bridgehead atoms. The van der Waals surface area contributed by atoms with Crippen molar-refractivity contribution in [3.63, 3.8) is 0 Å². The van der Waals surface area contributed by atoms with Gasteiger partial charge < -0.3 is 14.6 Å². The summed E-state index contributed by atoms with van der Waals surface area (Å²) < 4.78 is 7.13. The van der Waals surface area contributed by atoms with E-state index in [-0.39, 0.29) is 0 Å². The molecule has 0 unspecified atom stereocenters. The van der Waals surface area contributed by atoms with Crippen LogP contribution in [0.4, 0.5) is 11.6 Å². The maximum absolute atomic E-state index is 5.08. The van der Waals surface area contributed by atoms with Gasteiger partial charge >= 0.3 is 0 Å². The summed E-state index contributed by atoms with van der Waals surface area (Å²) >= 11 is 0. The number of hydrogen-bond acceptors (Lipinski definition) is 3. The van der Waals surface area contributed by atoms with E-state index in [1.54, 1.807) is 13.3 Å². The van der Waals surface area contributed by atoms with Crippen molar-refractivity contribution < 1.29 is 4.74 Å². The molecule has 1 aromatic heterocycles. The topological polar surface area (TPSA) is 39.1 Å². The minimum absolute atomic E-state index is 0.678. The molecule has 0 aliphatic carbocycles. The van der Waals surface area contributed by atoms with Crippen LogP contribution in [0, 0.1) is 13.8 Å². The second-order valence-corrected chi connectivity index (χ2v) is 4.44. The highest BCUT2D eigenvalue weighted by Gasteiger charge is 2.03. The van der Waals surface area contributed by atoms with Gasteiger partial charge in [0.25, 0.3) is 0 Å². The summed E-state index contributed by atoms with van der Waals surface area (Å²) in [6.07, 6.45) is 3.74. The summed E-state index contributed by atoms with van der Waals surface area (Å²) in [6.45, 7) is 5.66. The first-order chi connectivity index (χ1) is 8.69. The van der Waals surface area contributed by atoms with E-state index >= 15 is 0 Å². The number of methoxy groups -OCH3 is 1. The lowest BCUT2D eigenvalue weighted by molar-refractivity contribution is 0.188. The number of aromatic nitrogens is 2. The van der Waals surface area contributed by atoms with Crippen molar-refractivity contribution in [3.8, 4) is 0 Å². The molecular formula is C14H19N3O. The van der Waals surface area contributed by atoms with E-state index < -0.39 is 0 Å². The first-order valence-corrected chi connectivity index (χ1v) is 6.04. The van der Waals surface area contributed by atoms with Crippen LogP contribution in [0.3, 0.4) is 0 Å². The normalized spacial score (nSPS) is 10.6. The minimum Gasteiger partial charge on any atom is -0.383 e. The van der Waals surface area contributed by atoms with Crippen molar-refractivity contribution >= 4 is 11.6 Å². The van der Waals surface area contributed by atoms with E-state index in [9.17, 15) is 0 Å². The van der Waals surface area contributed by atoms with Gasteiger partial charge in [-0.05, 0) is 37.1 Å². The van der Waals surface area contributed by atoms with Crippen molar-refractivity contribution in [1.82, 2.24) is 9.55 Å². The first kappa shape index (κ1) is 12.6. The van der Waals surface area contributed by atoms with Crippen LogP contribution in [0.2, 0.25) is 0 Å². The predicted molar refractivity (Wildman–Crippen MR) is 73.3 cm³/mol. The molecule has 0 saturated heterocycles. The van der Waals surface area contributed by atoms with Crippen LogP contribution in [-0.4, -0.2) is 23.3 Å². The largest absolute Gasteiger partial charge is 0.383 e. The van der Waals surface area contributed by atoms with E-state index in [4.69, 9.17) is 4.74 Å². The Balaban J connectivity index is 2.15. The molecule has 1 heterocycles. The Hall–Kier alpha value is -1.81. The van der Waals surface area contributed by atoms with Crippen LogP contribution < -0.4 is 5.32 Å². The molecule has 0 fully saturated rings. The molecule has 0 aliphatic heterocycles. The van der Waals surface area contributed by atoms with Gasteiger partial charge in [0.15, 0.2) is 0 Å². The lowest BCUT2D eigenvalue weighted by Crippen LogP contribution is -2.07. The van der Waals surface area contributed by atoms with Crippen LogP contribution in [0.1, 0.15) is 11.1 Å². The monoisotopic (exact) mass is 245 g/mol. The van der Waals surface area contributed by atoms with Crippen molar-refractivity contribution in [2.24, 2.45) is 0 Å². The van der Waals surface area contributed by atoms with E-state index in [0.29, 0.717) is 6.61 Å². The zero-order chi connectivity index (χ0) is 13.0. The third-order valence-corrected chi connectivity index (χ3v) is 2.73. The second kappa shape index (κ2) is 5.69. The molecule has 2 rings (SSSR count). The molecule has 0 amide bonds. The molecular weight excluding hydrogens is 226 g/mol. The zero-order valence-corrected chi connectivity index (χ0v) is 11.1. The average molecular weight is 245 g/mol. The van der Waals surface area contributed by atoms with Crippen LogP contribution >= 0.6 is 0 Å². The summed E-state index contributed by atoms with van der Waals surface area (Å²) in [5, 5.41) is 3.34. The highest BCUT2D eigenvalue weighted by atomic mass is 16.5. The Labute approximate surface area is 108 Å². The van der Waals surface area contributed by atoms with Crippen molar-refractivity contribution in [2.75, 3.05) is 19.0 Å². The number of hydrogen-bond donors (Lipinski definition) is 1. The molecule has 96 valence electrons. The van der Waals surface area contributed by atoms with Crippen molar-refractivity contribution in [1.29, 1.82) is 0 Å². The zero-order valence-electron chi connectivity index (χ0n) is 11.1. The molecule has 0 radical (unpaired) electrons. The highest BCUT2D eigenvalue weighted by Crippen LogP contribution is 2.18. The molecule has 0 spiro atoms. The fourth-order valence-electron chi connectivity index (χ4n) is 1.98. The Bertz CT molecular complexity index is 499. The third-order valence-electron chi connectivity index (χ3n) is 2.73. The van der Waals surface area contributed by atoms with Gasteiger partial charge in [-0.3, -0.25) is 0 Å². The second-order valence-electron chi connectivity index (χ2n) is 4.44. The molecule has 18 heavy (non-hydrogen) atoms. The van der Waals surface area contributed by atoms with Gasteiger partial charge in [-0.15, -0.1) is 0 Å². The standard InChI is InChI=1S/C14H19N3O/c1-11-8-12(2)10-13(9-11)16-14-15-4-5-17(14)6-7-18-3/h4-5,8-10H,6-7H2,1-3H3,(H,15,16). The Morgan fingerprint density at radius 3 is 2.61 bits per heavy atom. The van der Waals surface area contributed by atoms with E-state index in [1.807, 2.05) is 10.8 Å². The molecule has 1 aromatic carbocycles. The van der Waals surface area contributed by atoms with Crippen molar-refractivity contribution in [2.45, 2.75) is 20.4 Å². The number of imidazole rings is 1. The van der Waals surface area contributed by atoms with Crippen LogP contribution in [0.5, 0.6) is 0 Å². The molecule has 1 N–H and O–H groups in total. The maximum Gasteiger partial charge on any atom is 0.207 e. The number of benzene rings is 1. The molecule has 2 aromatic rings. The Morgan fingerprint density at radius 1 is 1.22 bits per heavy atom. The SMILES string of the molecule is COCCn1ccnc1Nc1cc(C)cc(C)c1. The maximum atomic E-state index is 5.08. The highest BCUT2D eigenvalue weighted by molar-refractivity contribution is 5.56. The number of nitrogens with one attached hydrogen (secondary N) is 1. The number of rotatable bonds is 5. The number of ether oxygens (including phenoxy) is 1. The van der Waals surface area contributed by atoms with Gasteiger partial charge in [0, 0.05) is 31.7 Å². The number of anilines is 2. The summed E-state index contributed by atoms with van der Waals surface area (Å²) in [6, 6.07) is 6.38. The van der Waals surface area contributed by atoms with Gasteiger partial charge in [0.1, 0.15) is 0 Å². The Morgan fingerprint density at radius 2 is 1.94 bits per heavy atom. The van der Waals surface area contributed by atoms with Crippen LogP contribution in [-0.2, 0) is 11.3 Å². The lowest BCUT2D eigenvalue weighted by Gasteiger charge is -2.10. The number of aryl methyl sites for hydroxylation is 2.